The van der Waals surface area contributed by atoms with Crippen LogP contribution < -0.4 is 5.73 Å². The molecule has 2 rings (SSSR count). The number of carboxylic acid groups (broad SMARTS) is 1. The Hall–Kier alpha value is -0.610. The highest BCUT2D eigenvalue weighted by molar-refractivity contribution is 5.74. The zero-order chi connectivity index (χ0) is 12.8. The van der Waals surface area contributed by atoms with E-state index in [4.69, 9.17) is 10.8 Å². The predicted octanol–water partition coefficient (Wildman–Crippen LogP) is 1.37. The van der Waals surface area contributed by atoms with E-state index in [1.165, 1.54) is 0 Å². The van der Waals surface area contributed by atoms with Crippen molar-refractivity contribution in [3.8, 4) is 0 Å². The molecule has 2 aliphatic carbocycles. The van der Waals surface area contributed by atoms with Crippen LogP contribution >= 0.6 is 0 Å². The van der Waals surface area contributed by atoms with Crippen LogP contribution in [0.5, 0.6) is 0 Å². The van der Waals surface area contributed by atoms with Crippen LogP contribution in [0.1, 0.15) is 46.0 Å². The van der Waals surface area contributed by atoms with Crippen molar-refractivity contribution in [3.63, 3.8) is 0 Å². The van der Waals surface area contributed by atoms with Crippen molar-refractivity contribution in [2.75, 3.05) is 0 Å². The lowest BCUT2D eigenvalue weighted by Crippen LogP contribution is -2.56. The topological polar surface area (TPSA) is 83.5 Å². The Kier molecular flexibility index (Phi) is 2.99. The van der Waals surface area contributed by atoms with Crippen molar-refractivity contribution >= 4 is 5.97 Å². The molecule has 0 amide bonds. The van der Waals surface area contributed by atoms with Crippen LogP contribution in [-0.2, 0) is 4.79 Å². The second-order valence-electron chi connectivity index (χ2n) is 6.69. The minimum Gasteiger partial charge on any atom is -0.480 e. The number of rotatable bonds is 2. The van der Waals surface area contributed by atoms with E-state index in [1.54, 1.807) is 0 Å². The predicted molar refractivity (Wildman–Crippen MR) is 64.4 cm³/mol. The highest BCUT2D eigenvalue weighted by Gasteiger charge is 2.52. The highest BCUT2D eigenvalue weighted by Crippen LogP contribution is 2.53. The van der Waals surface area contributed by atoms with Crippen LogP contribution in [0.3, 0.4) is 0 Å². The lowest BCUT2D eigenvalue weighted by atomic mass is 9.55. The van der Waals surface area contributed by atoms with Gasteiger partial charge in [0.25, 0.3) is 0 Å². The van der Waals surface area contributed by atoms with Gasteiger partial charge in [0.1, 0.15) is 6.04 Å². The standard InChI is InChI=1S/C13H23NO3/c1-8-3-9-5-12(2,10(14)11(15)16)7-13(17,4-8)6-9/h8-10,17H,3-7,14H2,1-2H3,(H,15,16). The molecule has 0 aromatic heterocycles. The van der Waals surface area contributed by atoms with E-state index in [1.807, 2.05) is 6.92 Å². The molecule has 2 saturated carbocycles. The summed E-state index contributed by atoms with van der Waals surface area (Å²) >= 11 is 0. The van der Waals surface area contributed by atoms with Crippen LogP contribution in [0.2, 0.25) is 0 Å². The van der Waals surface area contributed by atoms with Gasteiger partial charge >= 0.3 is 5.97 Å². The van der Waals surface area contributed by atoms with Crippen LogP contribution in [0.15, 0.2) is 0 Å². The summed E-state index contributed by atoms with van der Waals surface area (Å²) in [6.45, 7) is 4.08. The molecule has 17 heavy (non-hydrogen) atoms. The van der Waals surface area contributed by atoms with E-state index < -0.39 is 23.0 Å². The molecule has 0 radical (unpaired) electrons. The van der Waals surface area contributed by atoms with Crippen molar-refractivity contribution in [2.45, 2.75) is 57.6 Å². The Labute approximate surface area is 102 Å². The summed E-state index contributed by atoms with van der Waals surface area (Å²) < 4.78 is 0. The summed E-state index contributed by atoms with van der Waals surface area (Å²) in [5, 5.41) is 19.7. The molecule has 5 atom stereocenters. The van der Waals surface area contributed by atoms with Gasteiger partial charge in [-0.3, -0.25) is 4.79 Å². The summed E-state index contributed by atoms with van der Waals surface area (Å²) in [7, 11) is 0. The zero-order valence-electron chi connectivity index (χ0n) is 10.6. The monoisotopic (exact) mass is 241 g/mol. The number of carboxylic acids is 1. The fourth-order valence-electron chi connectivity index (χ4n) is 4.32. The van der Waals surface area contributed by atoms with E-state index in [0.717, 1.165) is 25.7 Å². The van der Waals surface area contributed by atoms with Crippen molar-refractivity contribution in [1.82, 2.24) is 0 Å². The molecular weight excluding hydrogens is 218 g/mol. The Morgan fingerprint density at radius 3 is 2.59 bits per heavy atom. The molecule has 4 N–H and O–H groups in total. The molecule has 4 nitrogen and oxygen atoms in total. The number of aliphatic hydroxyl groups is 1. The maximum atomic E-state index is 11.1. The van der Waals surface area contributed by atoms with Gasteiger partial charge in [0.05, 0.1) is 5.60 Å². The average Bonchev–Trinajstić information content (AvgIpc) is 2.11. The first kappa shape index (κ1) is 12.8. The maximum Gasteiger partial charge on any atom is 0.321 e. The average molecular weight is 241 g/mol. The zero-order valence-corrected chi connectivity index (χ0v) is 10.6. The van der Waals surface area contributed by atoms with Gasteiger partial charge < -0.3 is 15.9 Å². The molecule has 0 heterocycles. The van der Waals surface area contributed by atoms with Crippen LogP contribution in [0, 0.1) is 17.3 Å². The summed E-state index contributed by atoms with van der Waals surface area (Å²) in [6.07, 6.45) is 4.04. The number of hydrogen-bond acceptors (Lipinski definition) is 3. The van der Waals surface area contributed by atoms with Gasteiger partial charge in [-0.05, 0) is 49.4 Å². The molecular formula is C13H23NO3. The molecule has 5 unspecified atom stereocenters. The fraction of sp³-hybridized carbons (Fsp3) is 0.923. The summed E-state index contributed by atoms with van der Waals surface area (Å²) in [4.78, 5) is 11.1. The second-order valence-corrected chi connectivity index (χ2v) is 6.69. The molecule has 0 spiro atoms. The minimum atomic E-state index is -0.955. The molecule has 0 aliphatic heterocycles. The third-order valence-electron chi connectivity index (χ3n) is 4.64. The van der Waals surface area contributed by atoms with E-state index in [0.29, 0.717) is 18.3 Å². The minimum absolute atomic E-state index is 0.424. The number of nitrogens with two attached hydrogens (primary N) is 1. The normalized spacial score (nSPS) is 47.5. The molecule has 2 bridgehead atoms. The van der Waals surface area contributed by atoms with Crippen molar-refractivity contribution < 1.29 is 15.0 Å². The third kappa shape index (κ3) is 2.33. The van der Waals surface area contributed by atoms with Crippen molar-refractivity contribution in [1.29, 1.82) is 0 Å². The SMILES string of the molecule is CC1CC2CC(O)(C1)CC(C)(C(N)C(=O)O)C2. The smallest absolute Gasteiger partial charge is 0.321 e. The lowest BCUT2D eigenvalue weighted by Gasteiger charge is -2.53. The molecule has 2 fully saturated rings. The Balaban J connectivity index is 2.21. The first-order valence-electron chi connectivity index (χ1n) is 6.45. The van der Waals surface area contributed by atoms with Crippen LogP contribution in [0.25, 0.3) is 0 Å². The van der Waals surface area contributed by atoms with Crippen LogP contribution in [0.4, 0.5) is 0 Å². The number of aliphatic carboxylic acids is 1. The van der Waals surface area contributed by atoms with Crippen LogP contribution in [-0.4, -0.2) is 27.8 Å². The molecule has 0 aromatic rings. The molecule has 4 heteroatoms. The maximum absolute atomic E-state index is 11.1. The number of carbonyl (C=O) groups is 1. The Morgan fingerprint density at radius 2 is 2.06 bits per heavy atom. The number of fused-ring (bicyclic) bond motifs is 2. The summed E-state index contributed by atoms with van der Waals surface area (Å²) in [5.41, 5.74) is 4.65. The molecule has 0 saturated heterocycles. The van der Waals surface area contributed by atoms with Gasteiger partial charge in [0, 0.05) is 0 Å². The molecule has 98 valence electrons. The number of hydrogen-bond donors (Lipinski definition) is 3. The fourth-order valence-corrected chi connectivity index (χ4v) is 4.32. The summed E-state index contributed by atoms with van der Waals surface area (Å²) in [6, 6.07) is -0.870. The van der Waals surface area contributed by atoms with E-state index in [-0.39, 0.29) is 0 Å². The van der Waals surface area contributed by atoms with Gasteiger partial charge in [0.2, 0.25) is 0 Å². The highest BCUT2D eigenvalue weighted by atomic mass is 16.4. The van der Waals surface area contributed by atoms with Gasteiger partial charge in [0.15, 0.2) is 0 Å². The van der Waals surface area contributed by atoms with Gasteiger partial charge in [-0.2, -0.15) is 0 Å². The molecule has 2 aliphatic rings. The molecule has 0 aromatic carbocycles. The van der Waals surface area contributed by atoms with Crippen molar-refractivity contribution in [2.24, 2.45) is 23.0 Å². The van der Waals surface area contributed by atoms with Gasteiger partial charge in [-0.25, -0.2) is 0 Å². The van der Waals surface area contributed by atoms with E-state index >= 15 is 0 Å². The quantitative estimate of drug-likeness (QED) is 0.681. The second kappa shape index (κ2) is 3.95. The Morgan fingerprint density at radius 1 is 1.41 bits per heavy atom. The summed E-state index contributed by atoms with van der Waals surface area (Å²) in [5.74, 6) is 0.00127. The Bertz CT molecular complexity index is 329. The first-order valence-corrected chi connectivity index (χ1v) is 6.45. The largest absolute Gasteiger partial charge is 0.480 e. The van der Waals surface area contributed by atoms with Gasteiger partial charge in [-0.1, -0.05) is 13.8 Å². The van der Waals surface area contributed by atoms with Gasteiger partial charge in [-0.15, -0.1) is 0 Å². The van der Waals surface area contributed by atoms with E-state index in [9.17, 15) is 9.90 Å². The van der Waals surface area contributed by atoms with Crippen molar-refractivity contribution in [3.05, 3.63) is 0 Å². The third-order valence-corrected chi connectivity index (χ3v) is 4.64. The lowest BCUT2D eigenvalue weighted by molar-refractivity contribution is -0.150. The van der Waals surface area contributed by atoms with E-state index in [2.05, 4.69) is 6.92 Å². The first-order chi connectivity index (χ1) is 7.74.